The molecule has 3 amide bonds. The summed E-state index contributed by atoms with van der Waals surface area (Å²) < 4.78 is 0. The van der Waals surface area contributed by atoms with Crippen LogP contribution in [0.5, 0.6) is 0 Å². The van der Waals surface area contributed by atoms with E-state index in [1.807, 2.05) is 4.90 Å². The lowest BCUT2D eigenvalue weighted by molar-refractivity contribution is -0.121. The number of nitrogens with zero attached hydrogens (tertiary/aromatic N) is 1. The van der Waals surface area contributed by atoms with E-state index < -0.39 is 0 Å². The third-order valence-corrected chi connectivity index (χ3v) is 3.51. The van der Waals surface area contributed by atoms with Gasteiger partial charge in [-0.1, -0.05) is 6.92 Å². The van der Waals surface area contributed by atoms with E-state index in [0.717, 1.165) is 18.8 Å². The highest BCUT2D eigenvalue weighted by molar-refractivity contribution is 5.96. The fourth-order valence-corrected chi connectivity index (χ4v) is 2.48. The Morgan fingerprint density at radius 2 is 1.87 bits per heavy atom. The van der Waals surface area contributed by atoms with Crippen LogP contribution in [0.4, 0.5) is 4.79 Å². The Morgan fingerprint density at radius 3 is 2.47 bits per heavy atom. The first-order valence-corrected chi connectivity index (χ1v) is 5.77. The molecule has 84 valence electrons. The van der Waals surface area contributed by atoms with Crippen molar-refractivity contribution in [2.75, 3.05) is 6.54 Å². The van der Waals surface area contributed by atoms with Crippen molar-refractivity contribution in [1.82, 2.24) is 10.2 Å². The molecule has 1 saturated carbocycles. The van der Waals surface area contributed by atoms with Crippen LogP contribution in [0.25, 0.3) is 0 Å². The Bertz CT molecular complexity index is 270. The monoisotopic (exact) mass is 210 g/mol. The number of nitrogens with one attached hydrogen (secondary N) is 1. The Hall–Kier alpha value is -1.06. The number of hydrogen-bond donors (Lipinski definition) is 1. The van der Waals surface area contributed by atoms with Crippen LogP contribution in [0.3, 0.4) is 0 Å². The highest BCUT2D eigenvalue weighted by Gasteiger charge is 2.31. The number of imide groups is 1. The molecule has 0 atom stereocenters. The van der Waals surface area contributed by atoms with Crippen LogP contribution in [-0.2, 0) is 4.79 Å². The van der Waals surface area contributed by atoms with Gasteiger partial charge in [0.15, 0.2) is 0 Å². The molecule has 1 heterocycles. The molecule has 0 bridgehead atoms. The molecule has 0 unspecified atom stereocenters. The summed E-state index contributed by atoms with van der Waals surface area (Å²) in [7, 11) is 0. The highest BCUT2D eigenvalue weighted by Crippen LogP contribution is 2.27. The topological polar surface area (TPSA) is 49.4 Å². The quantitative estimate of drug-likeness (QED) is 0.713. The Morgan fingerprint density at radius 1 is 1.20 bits per heavy atom. The second kappa shape index (κ2) is 4.21. The van der Waals surface area contributed by atoms with Gasteiger partial charge in [-0.15, -0.1) is 0 Å². The Labute approximate surface area is 90.0 Å². The molecule has 15 heavy (non-hydrogen) atoms. The second-order valence-corrected chi connectivity index (χ2v) is 4.71. The molecule has 2 rings (SSSR count). The Kier molecular flexibility index (Phi) is 2.93. The third kappa shape index (κ3) is 2.30. The van der Waals surface area contributed by atoms with Gasteiger partial charge in [-0.25, -0.2) is 4.79 Å². The van der Waals surface area contributed by atoms with Gasteiger partial charge in [0.1, 0.15) is 0 Å². The van der Waals surface area contributed by atoms with Crippen LogP contribution in [0, 0.1) is 5.92 Å². The van der Waals surface area contributed by atoms with Gasteiger partial charge in [0, 0.05) is 19.0 Å². The van der Waals surface area contributed by atoms with E-state index in [1.165, 1.54) is 12.8 Å². The lowest BCUT2D eigenvalue weighted by atomic mass is 9.86. The minimum absolute atomic E-state index is 0.138. The van der Waals surface area contributed by atoms with Gasteiger partial charge in [0.25, 0.3) is 0 Å². The van der Waals surface area contributed by atoms with Crippen molar-refractivity contribution < 1.29 is 9.59 Å². The molecule has 0 radical (unpaired) electrons. The summed E-state index contributed by atoms with van der Waals surface area (Å²) >= 11 is 0. The van der Waals surface area contributed by atoms with Crippen molar-refractivity contribution in [3.05, 3.63) is 0 Å². The van der Waals surface area contributed by atoms with E-state index in [-0.39, 0.29) is 11.9 Å². The zero-order chi connectivity index (χ0) is 10.8. The average molecular weight is 210 g/mol. The molecule has 1 N–H and O–H groups in total. The fourth-order valence-electron chi connectivity index (χ4n) is 2.48. The van der Waals surface area contributed by atoms with E-state index in [9.17, 15) is 9.59 Å². The molecular formula is C11H18N2O2. The molecule has 4 heteroatoms. The number of carbonyl (C=O) groups excluding carboxylic acids is 2. The predicted octanol–water partition coefficient (Wildman–Crippen LogP) is 1.51. The molecule has 1 aliphatic carbocycles. The van der Waals surface area contributed by atoms with E-state index in [2.05, 4.69) is 12.2 Å². The van der Waals surface area contributed by atoms with Crippen molar-refractivity contribution in [3.63, 3.8) is 0 Å². The first-order chi connectivity index (χ1) is 7.16. The summed E-state index contributed by atoms with van der Waals surface area (Å²) in [5.74, 6) is 0.649. The molecular weight excluding hydrogens is 192 g/mol. The van der Waals surface area contributed by atoms with Crippen molar-refractivity contribution in [1.29, 1.82) is 0 Å². The SMILES string of the molecule is CC1CCC(N2CCC(=O)NC2=O)CC1. The van der Waals surface area contributed by atoms with Gasteiger partial charge in [0.2, 0.25) is 5.91 Å². The van der Waals surface area contributed by atoms with Gasteiger partial charge in [-0.3, -0.25) is 10.1 Å². The molecule has 1 saturated heterocycles. The average Bonchev–Trinajstić information content (AvgIpc) is 2.20. The second-order valence-electron chi connectivity index (χ2n) is 4.71. The lowest BCUT2D eigenvalue weighted by Gasteiger charge is -2.37. The number of urea groups is 1. The summed E-state index contributed by atoms with van der Waals surface area (Å²) in [4.78, 5) is 24.4. The maximum atomic E-state index is 11.6. The fraction of sp³-hybridized carbons (Fsp3) is 0.818. The van der Waals surface area contributed by atoms with Crippen LogP contribution >= 0.6 is 0 Å². The largest absolute Gasteiger partial charge is 0.324 e. The van der Waals surface area contributed by atoms with Crippen molar-refractivity contribution in [2.45, 2.75) is 45.1 Å². The molecule has 2 aliphatic rings. The number of amides is 3. The van der Waals surface area contributed by atoms with E-state index in [0.29, 0.717) is 19.0 Å². The molecule has 2 fully saturated rings. The highest BCUT2D eigenvalue weighted by atomic mass is 16.2. The summed E-state index contributed by atoms with van der Waals surface area (Å²) in [6, 6.07) is 0.167. The summed E-state index contributed by atoms with van der Waals surface area (Å²) in [6.45, 7) is 2.86. The van der Waals surface area contributed by atoms with Crippen molar-refractivity contribution in [3.8, 4) is 0 Å². The van der Waals surface area contributed by atoms with Crippen LogP contribution in [0.2, 0.25) is 0 Å². The van der Waals surface area contributed by atoms with Crippen LogP contribution < -0.4 is 5.32 Å². The van der Waals surface area contributed by atoms with E-state index in [1.54, 1.807) is 0 Å². The summed E-state index contributed by atoms with van der Waals surface area (Å²) in [5, 5.41) is 2.39. The van der Waals surface area contributed by atoms with Gasteiger partial charge >= 0.3 is 6.03 Å². The maximum absolute atomic E-state index is 11.6. The molecule has 0 aromatic rings. The van der Waals surface area contributed by atoms with Crippen molar-refractivity contribution >= 4 is 11.9 Å². The molecule has 1 aliphatic heterocycles. The Balaban J connectivity index is 1.93. The van der Waals surface area contributed by atoms with Crippen LogP contribution in [-0.4, -0.2) is 29.4 Å². The lowest BCUT2D eigenvalue weighted by Crippen LogP contribution is -2.54. The maximum Gasteiger partial charge on any atom is 0.324 e. The first kappa shape index (κ1) is 10.5. The normalized spacial score (nSPS) is 32.7. The molecule has 0 spiro atoms. The van der Waals surface area contributed by atoms with Crippen LogP contribution in [0.15, 0.2) is 0 Å². The predicted molar refractivity (Wildman–Crippen MR) is 56.3 cm³/mol. The smallest absolute Gasteiger partial charge is 0.321 e. The molecule has 0 aromatic carbocycles. The minimum Gasteiger partial charge on any atom is -0.321 e. The first-order valence-electron chi connectivity index (χ1n) is 5.77. The third-order valence-electron chi connectivity index (χ3n) is 3.51. The van der Waals surface area contributed by atoms with Gasteiger partial charge in [-0.2, -0.15) is 0 Å². The van der Waals surface area contributed by atoms with E-state index >= 15 is 0 Å². The number of carbonyl (C=O) groups is 2. The summed E-state index contributed by atoms with van der Waals surface area (Å²) in [5.41, 5.74) is 0. The number of rotatable bonds is 1. The molecule has 4 nitrogen and oxygen atoms in total. The minimum atomic E-state index is -0.189. The number of hydrogen-bond acceptors (Lipinski definition) is 2. The van der Waals surface area contributed by atoms with Gasteiger partial charge in [0.05, 0.1) is 0 Å². The van der Waals surface area contributed by atoms with E-state index in [4.69, 9.17) is 0 Å². The van der Waals surface area contributed by atoms with Crippen molar-refractivity contribution in [2.24, 2.45) is 5.92 Å². The molecule has 0 aromatic heterocycles. The van der Waals surface area contributed by atoms with Gasteiger partial charge in [-0.05, 0) is 31.6 Å². The van der Waals surface area contributed by atoms with Gasteiger partial charge < -0.3 is 4.90 Å². The zero-order valence-electron chi connectivity index (χ0n) is 9.16. The zero-order valence-corrected chi connectivity index (χ0v) is 9.16. The summed E-state index contributed by atoms with van der Waals surface area (Å²) in [6.07, 6.45) is 5.02. The van der Waals surface area contributed by atoms with Crippen LogP contribution in [0.1, 0.15) is 39.0 Å². The standard InChI is InChI=1S/C11H18N2O2/c1-8-2-4-9(5-3-8)13-7-6-10(14)12-11(13)15/h8-9H,2-7H2,1H3,(H,12,14,15).